The Morgan fingerprint density at radius 1 is 0.439 bits per heavy atom. The summed E-state index contributed by atoms with van der Waals surface area (Å²) >= 11 is 0. The van der Waals surface area contributed by atoms with Gasteiger partial charge in [0.1, 0.15) is 0 Å². The zero-order chi connectivity index (χ0) is 28.5. The number of nitrogens with zero attached hydrogens (tertiary/aromatic N) is 2. The van der Waals surface area contributed by atoms with Crippen molar-refractivity contribution >= 4 is 83.7 Å². The van der Waals surface area contributed by atoms with Crippen LogP contribution in [0.3, 0.4) is 0 Å². The predicted molar refractivity (Wildman–Crippen MR) is 186 cm³/mol. The summed E-state index contributed by atoms with van der Waals surface area (Å²) < 4.78 is 0. The molecule has 2 nitrogen and oxygen atoms in total. The second kappa shape index (κ2) is 9.37. The molecule has 0 fully saturated rings. The van der Waals surface area contributed by atoms with Gasteiger partial charge in [0.25, 0.3) is 6.71 Å². The Bertz CT molecular complexity index is 1770. The van der Waals surface area contributed by atoms with Crippen molar-refractivity contribution in [1.82, 2.24) is 0 Å². The Labute approximate surface area is 247 Å². The maximum atomic E-state index is 2.55. The van der Waals surface area contributed by atoms with Crippen molar-refractivity contribution in [3.63, 3.8) is 0 Å². The van der Waals surface area contributed by atoms with Crippen molar-refractivity contribution in [2.75, 3.05) is 9.80 Å². The fraction of sp³-hybridized carbons (Fsp3) is 0.167. The monoisotopic (exact) mass is 564 g/mol. The van der Waals surface area contributed by atoms with E-state index in [0.29, 0.717) is 0 Å². The summed E-state index contributed by atoms with van der Waals surface area (Å²) in [5.74, 6) is 0. The first kappa shape index (κ1) is 26.1. The van der Waals surface area contributed by atoms with E-state index >= 15 is 0 Å². The number of hydrogen-bond donors (Lipinski definition) is 0. The molecule has 0 saturated carbocycles. The molecule has 0 spiro atoms. The predicted octanol–water partition coefficient (Wildman–Crippen LogP) is 6.86. The molecular weight excluding hydrogens is 527 g/mol. The lowest BCUT2D eigenvalue weighted by atomic mass is 9.33. The molecule has 0 unspecified atom stereocenters. The molecule has 7 rings (SSSR count). The number of benzene rings is 5. The summed E-state index contributed by atoms with van der Waals surface area (Å²) in [6.45, 7) is 14.8. The second-order valence-corrected chi connectivity index (χ2v) is 23.7. The van der Waals surface area contributed by atoms with E-state index in [0.717, 1.165) is 0 Å². The average molecular weight is 565 g/mol. The van der Waals surface area contributed by atoms with Gasteiger partial charge in [-0.2, -0.15) is 0 Å². The van der Waals surface area contributed by atoms with Gasteiger partial charge in [-0.3, -0.25) is 0 Å². The number of hydrogen-bond acceptors (Lipinski definition) is 2. The minimum absolute atomic E-state index is 0.182. The van der Waals surface area contributed by atoms with Crippen LogP contribution in [0, 0.1) is 0 Å². The van der Waals surface area contributed by atoms with Gasteiger partial charge in [-0.25, -0.2) is 0 Å². The first-order valence-corrected chi connectivity index (χ1v) is 21.7. The molecule has 0 aromatic heterocycles. The van der Waals surface area contributed by atoms with Gasteiger partial charge >= 0.3 is 0 Å². The quantitative estimate of drug-likeness (QED) is 0.216. The van der Waals surface area contributed by atoms with Gasteiger partial charge in [-0.1, -0.05) is 116 Å². The number of para-hydroxylation sites is 2. The van der Waals surface area contributed by atoms with Gasteiger partial charge in [0.2, 0.25) is 0 Å². The minimum Gasteiger partial charge on any atom is -0.311 e. The summed E-state index contributed by atoms with van der Waals surface area (Å²) in [5.41, 5.74) is 11.7. The molecule has 0 N–H and O–H groups in total. The average Bonchev–Trinajstić information content (AvgIpc) is 2.96. The lowest BCUT2D eigenvalue weighted by Crippen LogP contribution is -2.62. The normalized spacial score (nSPS) is 14.0. The van der Waals surface area contributed by atoms with Crippen molar-refractivity contribution < 1.29 is 0 Å². The lowest BCUT2D eigenvalue weighted by Gasteiger charge is -2.44. The molecule has 2 aliphatic rings. The van der Waals surface area contributed by atoms with Crippen LogP contribution in [0.15, 0.2) is 115 Å². The summed E-state index contributed by atoms with van der Waals surface area (Å²) in [6.07, 6.45) is 0. The van der Waals surface area contributed by atoms with Crippen LogP contribution in [0.2, 0.25) is 39.3 Å². The van der Waals surface area contributed by atoms with E-state index < -0.39 is 16.1 Å². The van der Waals surface area contributed by atoms with Crippen molar-refractivity contribution in [2.45, 2.75) is 39.3 Å². The largest absolute Gasteiger partial charge is 0.311 e. The van der Waals surface area contributed by atoms with Crippen LogP contribution in [-0.4, -0.2) is 22.9 Å². The highest BCUT2D eigenvalue weighted by Gasteiger charge is 2.43. The molecule has 0 bridgehead atoms. The fourth-order valence-electron chi connectivity index (χ4n) is 6.60. The topological polar surface area (TPSA) is 6.48 Å². The van der Waals surface area contributed by atoms with E-state index in [4.69, 9.17) is 0 Å². The SMILES string of the molecule is C[Si](C)(C)c1ccc(N2c3ccc([Si](C)(C)C)cc3B3c4ccccc4N(c4ccccc4)c4cccc2c43)cc1. The molecule has 5 aromatic rings. The third kappa shape index (κ3) is 4.22. The van der Waals surface area contributed by atoms with Crippen molar-refractivity contribution in [2.24, 2.45) is 0 Å². The molecule has 202 valence electrons. The van der Waals surface area contributed by atoms with Crippen molar-refractivity contribution in [1.29, 1.82) is 0 Å². The summed E-state index contributed by atoms with van der Waals surface area (Å²) in [7, 11) is -2.94. The first-order valence-electron chi connectivity index (χ1n) is 14.7. The molecule has 2 aliphatic heterocycles. The number of rotatable bonds is 4. The molecule has 5 heteroatoms. The maximum absolute atomic E-state index is 2.55. The van der Waals surface area contributed by atoms with Gasteiger partial charge < -0.3 is 9.80 Å². The van der Waals surface area contributed by atoms with Gasteiger partial charge in [-0.15, -0.1) is 0 Å². The van der Waals surface area contributed by atoms with Gasteiger partial charge in [0.15, 0.2) is 0 Å². The number of anilines is 6. The highest BCUT2D eigenvalue weighted by molar-refractivity contribution is 7.01. The smallest absolute Gasteiger partial charge is 0.252 e. The molecule has 41 heavy (non-hydrogen) atoms. The molecule has 0 amide bonds. The summed E-state index contributed by atoms with van der Waals surface area (Å²) in [4.78, 5) is 4.98. The van der Waals surface area contributed by atoms with E-state index in [2.05, 4.69) is 164 Å². The second-order valence-electron chi connectivity index (χ2n) is 13.5. The van der Waals surface area contributed by atoms with E-state index in [1.807, 2.05) is 0 Å². The van der Waals surface area contributed by atoms with Crippen molar-refractivity contribution in [3.05, 3.63) is 115 Å². The van der Waals surface area contributed by atoms with Gasteiger partial charge in [0.05, 0.1) is 16.1 Å². The van der Waals surface area contributed by atoms with Crippen LogP contribution in [0.5, 0.6) is 0 Å². The Morgan fingerprint density at radius 2 is 0.951 bits per heavy atom. The Balaban J connectivity index is 1.53. The molecule has 0 radical (unpaired) electrons. The maximum Gasteiger partial charge on any atom is 0.252 e. The first-order chi connectivity index (χ1) is 19.6. The highest BCUT2D eigenvalue weighted by Crippen LogP contribution is 2.43. The molecule has 2 heterocycles. The van der Waals surface area contributed by atoms with Crippen LogP contribution in [0.4, 0.5) is 34.1 Å². The third-order valence-electron chi connectivity index (χ3n) is 8.77. The van der Waals surface area contributed by atoms with Crippen LogP contribution < -0.4 is 36.6 Å². The highest BCUT2D eigenvalue weighted by atomic mass is 28.3. The lowest BCUT2D eigenvalue weighted by molar-refractivity contribution is 1.25. The molecule has 0 atom stereocenters. The molecular formula is C36H37BN2Si2. The zero-order valence-corrected chi connectivity index (χ0v) is 26.9. The zero-order valence-electron chi connectivity index (χ0n) is 24.9. The van der Waals surface area contributed by atoms with E-state index in [1.165, 1.54) is 60.9 Å². The Morgan fingerprint density at radius 3 is 1.59 bits per heavy atom. The van der Waals surface area contributed by atoms with E-state index in [1.54, 1.807) is 0 Å². The minimum atomic E-state index is -1.53. The van der Waals surface area contributed by atoms with Crippen LogP contribution in [0.25, 0.3) is 0 Å². The van der Waals surface area contributed by atoms with E-state index in [-0.39, 0.29) is 6.71 Å². The fourth-order valence-corrected chi connectivity index (χ4v) is 8.94. The van der Waals surface area contributed by atoms with Crippen molar-refractivity contribution in [3.8, 4) is 0 Å². The third-order valence-corrected chi connectivity index (χ3v) is 12.9. The summed E-state index contributed by atoms with van der Waals surface area (Å²) in [5, 5.41) is 3.00. The van der Waals surface area contributed by atoms with Crippen LogP contribution >= 0.6 is 0 Å². The summed E-state index contributed by atoms with van der Waals surface area (Å²) in [6, 6.07) is 43.5. The van der Waals surface area contributed by atoms with Crippen LogP contribution in [0.1, 0.15) is 0 Å². The van der Waals surface area contributed by atoms with E-state index in [9.17, 15) is 0 Å². The molecule has 0 aliphatic carbocycles. The Kier molecular flexibility index (Phi) is 5.97. The molecule has 5 aromatic carbocycles. The Hall–Kier alpha value is -3.80. The van der Waals surface area contributed by atoms with Gasteiger partial charge in [0, 0.05) is 34.1 Å². The standard InChI is InChI=1S/C36H37BN2Si2/c1-40(2,3)28-21-19-27(20-22-28)39-33-24-23-29(41(4,5)6)25-31(33)37-30-15-10-11-16-32(30)38(26-13-8-7-9-14-26)34-17-12-18-35(39)36(34)37/h7-25H,1-6H3. The van der Waals surface area contributed by atoms with Gasteiger partial charge in [-0.05, 0) is 64.9 Å². The van der Waals surface area contributed by atoms with Crippen LogP contribution in [-0.2, 0) is 0 Å². The molecule has 0 saturated heterocycles. The number of fused-ring (bicyclic) bond motifs is 4.